The maximum atomic E-state index is 13.2. The van der Waals surface area contributed by atoms with Crippen molar-refractivity contribution in [3.8, 4) is 0 Å². The summed E-state index contributed by atoms with van der Waals surface area (Å²) in [6.07, 6.45) is 0.775. The molecule has 72 valence electrons. The third-order valence-corrected chi connectivity index (χ3v) is 2.54. The highest BCUT2D eigenvalue weighted by atomic mass is 19.1. The van der Waals surface area contributed by atoms with Crippen LogP contribution in [-0.2, 0) is 7.05 Å². The van der Waals surface area contributed by atoms with Gasteiger partial charge in [-0.25, -0.2) is 4.39 Å². The van der Waals surface area contributed by atoms with Crippen molar-refractivity contribution in [3.63, 3.8) is 0 Å². The number of carbonyl (C=O) groups is 1. The van der Waals surface area contributed by atoms with E-state index in [0.29, 0.717) is 11.3 Å². The number of fused-ring (bicyclic) bond motifs is 1. The smallest absolute Gasteiger partial charge is 0.166 e. The lowest BCUT2D eigenvalue weighted by Gasteiger charge is -2.02. The second-order valence-corrected chi connectivity index (χ2v) is 3.36. The zero-order valence-electron chi connectivity index (χ0n) is 8.04. The second kappa shape index (κ2) is 2.94. The van der Waals surface area contributed by atoms with Crippen molar-refractivity contribution in [1.82, 2.24) is 4.57 Å². The number of aryl methyl sites for hydroxylation is 2. The van der Waals surface area contributed by atoms with Crippen molar-refractivity contribution in [2.24, 2.45) is 7.05 Å². The van der Waals surface area contributed by atoms with Gasteiger partial charge in [0.25, 0.3) is 0 Å². The summed E-state index contributed by atoms with van der Waals surface area (Å²) < 4.78 is 14.9. The Morgan fingerprint density at radius 3 is 2.79 bits per heavy atom. The molecular formula is C11H10FNO. The average molecular weight is 191 g/mol. The van der Waals surface area contributed by atoms with E-state index < -0.39 is 0 Å². The minimum absolute atomic E-state index is 0.240. The van der Waals surface area contributed by atoms with Crippen LogP contribution in [0.15, 0.2) is 18.2 Å². The molecule has 0 aliphatic carbocycles. The number of benzene rings is 1. The first-order valence-electron chi connectivity index (χ1n) is 4.35. The lowest BCUT2D eigenvalue weighted by Crippen LogP contribution is -1.96. The Labute approximate surface area is 81.0 Å². The van der Waals surface area contributed by atoms with E-state index in [1.165, 1.54) is 6.07 Å². The Bertz CT molecular complexity index is 513. The molecule has 2 rings (SSSR count). The number of hydrogen-bond donors (Lipinski definition) is 0. The van der Waals surface area contributed by atoms with Crippen LogP contribution in [0.1, 0.15) is 16.1 Å². The minimum Gasteiger partial charge on any atom is -0.341 e. The molecule has 0 spiro atoms. The van der Waals surface area contributed by atoms with Gasteiger partial charge in [-0.1, -0.05) is 0 Å². The molecule has 2 nitrogen and oxygen atoms in total. The maximum absolute atomic E-state index is 13.2. The highest BCUT2D eigenvalue weighted by Crippen LogP contribution is 2.23. The fourth-order valence-corrected chi connectivity index (χ4v) is 1.76. The van der Waals surface area contributed by atoms with E-state index in [1.807, 2.05) is 0 Å². The Morgan fingerprint density at radius 1 is 1.43 bits per heavy atom. The number of halogens is 1. The number of nitrogens with zero attached hydrogens (tertiary/aromatic N) is 1. The van der Waals surface area contributed by atoms with Gasteiger partial charge in [0.05, 0.1) is 11.2 Å². The Morgan fingerprint density at radius 2 is 2.14 bits per heavy atom. The van der Waals surface area contributed by atoms with Crippen molar-refractivity contribution in [2.45, 2.75) is 6.92 Å². The van der Waals surface area contributed by atoms with Crippen molar-refractivity contribution in [3.05, 3.63) is 35.3 Å². The molecule has 1 aromatic carbocycles. The number of carbonyl (C=O) groups excluding carboxylic acids is 1. The van der Waals surface area contributed by atoms with Gasteiger partial charge < -0.3 is 4.57 Å². The predicted octanol–water partition coefficient (Wildman–Crippen LogP) is 2.44. The van der Waals surface area contributed by atoms with Crippen molar-refractivity contribution < 1.29 is 9.18 Å². The van der Waals surface area contributed by atoms with E-state index in [-0.39, 0.29) is 5.82 Å². The van der Waals surface area contributed by atoms with Crippen LogP contribution < -0.4 is 0 Å². The van der Waals surface area contributed by atoms with Gasteiger partial charge in [-0.15, -0.1) is 0 Å². The van der Waals surface area contributed by atoms with Crippen LogP contribution >= 0.6 is 0 Å². The lowest BCUT2D eigenvalue weighted by molar-refractivity contribution is 0.111. The van der Waals surface area contributed by atoms with E-state index in [1.54, 1.807) is 30.7 Å². The maximum Gasteiger partial charge on any atom is 0.166 e. The van der Waals surface area contributed by atoms with E-state index >= 15 is 0 Å². The largest absolute Gasteiger partial charge is 0.341 e. The first-order valence-corrected chi connectivity index (χ1v) is 4.35. The monoisotopic (exact) mass is 191 g/mol. The molecule has 1 aromatic heterocycles. The van der Waals surface area contributed by atoms with E-state index in [9.17, 15) is 9.18 Å². The normalized spacial score (nSPS) is 10.8. The van der Waals surface area contributed by atoms with Gasteiger partial charge in [0, 0.05) is 18.0 Å². The van der Waals surface area contributed by atoms with Gasteiger partial charge >= 0.3 is 0 Å². The summed E-state index contributed by atoms with van der Waals surface area (Å²) >= 11 is 0. The third-order valence-electron chi connectivity index (χ3n) is 2.54. The Balaban J connectivity index is 2.93. The molecule has 0 unspecified atom stereocenters. The minimum atomic E-state index is -0.240. The highest BCUT2D eigenvalue weighted by molar-refractivity contribution is 5.90. The summed E-state index contributed by atoms with van der Waals surface area (Å²) in [5.74, 6) is -0.240. The van der Waals surface area contributed by atoms with Gasteiger partial charge in [-0.3, -0.25) is 4.79 Å². The molecule has 0 bridgehead atoms. The molecule has 0 fully saturated rings. The highest BCUT2D eigenvalue weighted by Gasteiger charge is 2.09. The predicted molar refractivity (Wildman–Crippen MR) is 53.0 cm³/mol. The second-order valence-electron chi connectivity index (χ2n) is 3.36. The molecule has 0 saturated carbocycles. The topological polar surface area (TPSA) is 22.0 Å². The van der Waals surface area contributed by atoms with Gasteiger partial charge in [0.2, 0.25) is 0 Å². The van der Waals surface area contributed by atoms with Crippen LogP contribution in [0.25, 0.3) is 10.9 Å². The molecule has 2 aromatic rings. The summed E-state index contributed by atoms with van der Waals surface area (Å²) in [6, 6.07) is 4.87. The van der Waals surface area contributed by atoms with E-state index in [2.05, 4.69) is 0 Å². The molecule has 0 amide bonds. The summed E-state index contributed by atoms with van der Waals surface area (Å²) in [7, 11) is 1.76. The van der Waals surface area contributed by atoms with Crippen LogP contribution in [0, 0.1) is 12.7 Å². The molecule has 0 saturated heterocycles. The quantitative estimate of drug-likeness (QED) is 0.634. The number of aromatic nitrogens is 1. The van der Waals surface area contributed by atoms with Gasteiger partial charge in [-0.05, 0) is 25.1 Å². The Hall–Kier alpha value is -1.64. The number of hydrogen-bond acceptors (Lipinski definition) is 1. The molecule has 0 aliphatic heterocycles. The van der Waals surface area contributed by atoms with E-state index in [4.69, 9.17) is 0 Å². The molecular weight excluding hydrogens is 181 g/mol. The molecule has 0 N–H and O–H groups in total. The zero-order chi connectivity index (χ0) is 10.3. The lowest BCUT2D eigenvalue weighted by atomic mass is 10.1. The molecule has 14 heavy (non-hydrogen) atoms. The first kappa shape index (κ1) is 8.94. The SMILES string of the molecule is Cc1c(F)ccc2cc(C=O)n(C)c12. The molecule has 0 aliphatic rings. The van der Waals surface area contributed by atoms with Crippen LogP contribution in [-0.4, -0.2) is 10.9 Å². The van der Waals surface area contributed by atoms with Crippen molar-refractivity contribution >= 4 is 17.2 Å². The Kier molecular flexibility index (Phi) is 1.88. The standard InChI is InChI=1S/C11H10FNO/c1-7-10(12)4-3-8-5-9(6-14)13(2)11(7)8/h3-6H,1-2H3. The summed E-state index contributed by atoms with van der Waals surface area (Å²) in [4.78, 5) is 10.7. The van der Waals surface area contributed by atoms with Gasteiger partial charge in [0.1, 0.15) is 5.82 Å². The van der Waals surface area contributed by atoms with Gasteiger partial charge in [-0.2, -0.15) is 0 Å². The van der Waals surface area contributed by atoms with Crippen LogP contribution in [0.3, 0.4) is 0 Å². The van der Waals surface area contributed by atoms with Crippen LogP contribution in [0.4, 0.5) is 4.39 Å². The number of rotatable bonds is 1. The summed E-state index contributed by atoms with van der Waals surface area (Å²) in [5.41, 5.74) is 1.93. The number of aldehydes is 1. The van der Waals surface area contributed by atoms with Crippen LogP contribution in [0.5, 0.6) is 0 Å². The van der Waals surface area contributed by atoms with Crippen molar-refractivity contribution in [2.75, 3.05) is 0 Å². The third kappa shape index (κ3) is 1.05. The summed E-state index contributed by atoms with van der Waals surface area (Å²) in [5, 5.41) is 0.897. The first-order chi connectivity index (χ1) is 6.65. The van der Waals surface area contributed by atoms with Crippen molar-refractivity contribution in [1.29, 1.82) is 0 Å². The molecule has 0 atom stereocenters. The summed E-state index contributed by atoms with van der Waals surface area (Å²) in [6.45, 7) is 1.71. The fourth-order valence-electron chi connectivity index (χ4n) is 1.76. The zero-order valence-corrected chi connectivity index (χ0v) is 8.04. The average Bonchev–Trinajstić information content (AvgIpc) is 2.50. The van der Waals surface area contributed by atoms with E-state index in [0.717, 1.165) is 17.2 Å². The van der Waals surface area contributed by atoms with Gasteiger partial charge in [0.15, 0.2) is 6.29 Å². The van der Waals surface area contributed by atoms with Crippen LogP contribution in [0.2, 0.25) is 0 Å². The fraction of sp³-hybridized carbons (Fsp3) is 0.182. The molecule has 1 heterocycles. The molecule has 3 heteroatoms. The molecule has 0 radical (unpaired) electrons.